The largest absolute Gasteiger partial charge is 0.374 e. The molecule has 120 valence electrons. The van der Waals surface area contributed by atoms with Gasteiger partial charge < -0.3 is 9.64 Å². The third-order valence-electron chi connectivity index (χ3n) is 3.89. The number of hydrogen-bond acceptors (Lipinski definition) is 4. The highest BCUT2D eigenvalue weighted by Crippen LogP contribution is 2.27. The molecule has 3 rings (SSSR count). The molecule has 4 nitrogen and oxygen atoms in total. The number of nitrogens with zero attached hydrogens (tertiary/aromatic N) is 2. The third kappa shape index (κ3) is 4.12. The molecule has 2 aromatic rings. The first-order valence-corrected chi connectivity index (χ1v) is 8.71. The SMILES string of the molecule is C[C@@H]1CN(C(=O)CSc2ccncc2)[C@H](c2ccccc2)CO1. The monoisotopic (exact) mass is 328 g/mol. The van der Waals surface area contributed by atoms with E-state index in [1.807, 2.05) is 42.2 Å². The Labute approximate surface area is 140 Å². The molecule has 2 heterocycles. The second kappa shape index (κ2) is 7.62. The Bertz CT molecular complexity index is 636. The molecule has 0 spiro atoms. The number of thioether (sulfide) groups is 1. The number of morpholine rings is 1. The van der Waals surface area contributed by atoms with Gasteiger partial charge in [0.15, 0.2) is 0 Å². The Hall–Kier alpha value is -1.85. The first-order valence-electron chi connectivity index (χ1n) is 7.73. The minimum Gasteiger partial charge on any atom is -0.374 e. The number of carbonyl (C=O) groups is 1. The van der Waals surface area contributed by atoms with Crippen molar-refractivity contribution in [3.05, 3.63) is 60.4 Å². The summed E-state index contributed by atoms with van der Waals surface area (Å²) in [5.41, 5.74) is 1.13. The van der Waals surface area contributed by atoms with Crippen LogP contribution in [0.5, 0.6) is 0 Å². The van der Waals surface area contributed by atoms with Gasteiger partial charge in [-0.15, -0.1) is 11.8 Å². The molecule has 0 N–H and O–H groups in total. The van der Waals surface area contributed by atoms with Crippen molar-refractivity contribution in [2.45, 2.75) is 24.0 Å². The second-order valence-corrected chi connectivity index (χ2v) is 6.64. The van der Waals surface area contributed by atoms with E-state index in [2.05, 4.69) is 17.1 Å². The molecular formula is C18H20N2O2S. The van der Waals surface area contributed by atoms with Crippen LogP contribution in [0.2, 0.25) is 0 Å². The molecule has 1 saturated heterocycles. The minimum absolute atomic E-state index is 0.00191. The summed E-state index contributed by atoms with van der Waals surface area (Å²) in [6.07, 6.45) is 3.57. The number of carbonyl (C=O) groups excluding carboxylic acids is 1. The Kier molecular flexibility index (Phi) is 5.31. The van der Waals surface area contributed by atoms with E-state index in [0.29, 0.717) is 18.9 Å². The van der Waals surface area contributed by atoms with Gasteiger partial charge in [0.25, 0.3) is 0 Å². The summed E-state index contributed by atoms with van der Waals surface area (Å²) < 4.78 is 5.78. The number of amides is 1. The van der Waals surface area contributed by atoms with Crippen molar-refractivity contribution >= 4 is 17.7 Å². The van der Waals surface area contributed by atoms with Gasteiger partial charge in [-0.05, 0) is 24.6 Å². The number of rotatable bonds is 4. The zero-order chi connectivity index (χ0) is 16.1. The van der Waals surface area contributed by atoms with Gasteiger partial charge in [-0.2, -0.15) is 0 Å². The van der Waals surface area contributed by atoms with Crippen LogP contribution in [0, 0.1) is 0 Å². The maximum Gasteiger partial charge on any atom is 0.233 e. The first-order chi connectivity index (χ1) is 11.2. The topological polar surface area (TPSA) is 42.4 Å². The van der Waals surface area contributed by atoms with Crippen molar-refractivity contribution in [2.24, 2.45) is 0 Å². The Morgan fingerprint density at radius 2 is 2.00 bits per heavy atom. The van der Waals surface area contributed by atoms with Crippen LogP contribution in [-0.2, 0) is 9.53 Å². The normalized spacial score (nSPS) is 21.2. The van der Waals surface area contributed by atoms with Gasteiger partial charge in [0.1, 0.15) is 0 Å². The van der Waals surface area contributed by atoms with Gasteiger partial charge in [-0.3, -0.25) is 9.78 Å². The molecule has 23 heavy (non-hydrogen) atoms. The minimum atomic E-state index is -0.00191. The summed E-state index contributed by atoms with van der Waals surface area (Å²) in [5.74, 6) is 0.580. The van der Waals surface area contributed by atoms with Gasteiger partial charge in [0, 0.05) is 23.8 Å². The molecule has 5 heteroatoms. The van der Waals surface area contributed by atoms with E-state index in [0.717, 1.165) is 10.5 Å². The van der Waals surface area contributed by atoms with E-state index in [1.54, 1.807) is 24.2 Å². The molecule has 0 bridgehead atoms. The molecule has 0 radical (unpaired) electrons. The molecule has 0 saturated carbocycles. The molecule has 1 aliphatic heterocycles. The molecule has 1 aliphatic rings. The van der Waals surface area contributed by atoms with E-state index in [-0.39, 0.29) is 18.1 Å². The highest BCUT2D eigenvalue weighted by Gasteiger charge is 2.31. The highest BCUT2D eigenvalue weighted by atomic mass is 32.2. The molecule has 0 aliphatic carbocycles. The van der Waals surface area contributed by atoms with Crippen LogP contribution >= 0.6 is 11.8 Å². The lowest BCUT2D eigenvalue weighted by molar-refractivity contribution is -0.141. The highest BCUT2D eigenvalue weighted by molar-refractivity contribution is 8.00. The van der Waals surface area contributed by atoms with Crippen molar-refractivity contribution in [3.63, 3.8) is 0 Å². The van der Waals surface area contributed by atoms with Crippen LogP contribution in [0.25, 0.3) is 0 Å². The van der Waals surface area contributed by atoms with Crippen molar-refractivity contribution in [1.82, 2.24) is 9.88 Å². The van der Waals surface area contributed by atoms with E-state index in [4.69, 9.17) is 4.74 Å². The lowest BCUT2D eigenvalue weighted by Gasteiger charge is -2.39. The number of hydrogen-bond donors (Lipinski definition) is 0. The van der Waals surface area contributed by atoms with Crippen molar-refractivity contribution in [3.8, 4) is 0 Å². The van der Waals surface area contributed by atoms with Crippen molar-refractivity contribution < 1.29 is 9.53 Å². The molecular weight excluding hydrogens is 308 g/mol. The molecule has 1 aromatic heterocycles. The first kappa shape index (κ1) is 16.0. The zero-order valence-corrected chi connectivity index (χ0v) is 13.9. The van der Waals surface area contributed by atoms with Gasteiger partial charge in [-0.25, -0.2) is 0 Å². The lowest BCUT2D eigenvalue weighted by Crippen LogP contribution is -2.47. The second-order valence-electron chi connectivity index (χ2n) is 5.59. The van der Waals surface area contributed by atoms with Crippen LogP contribution in [-0.4, -0.2) is 40.8 Å². The number of pyridine rings is 1. The van der Waals surface area contributed by atoms with Crippen LogP contribution in [0.4, 0.5) is 0 Å². The van der Waals surface area contributed by atoms with E-state index in [1.165, 1.54) is 0 Å². The maximum atomic E-state index is 12.7. The summed E-state index contributed by atoms with van der Waals surface area (Å²) in [6, 6.07) is 14.0. The zero-order valence-electron chi connectivity index (χ0n) is 13.1. The smallest absolute Gasteiger partial charge is 0.233 e. The van der Waals surface area contributed by atoms with Gasteiger partial charge in [-0.1, -0.05) is 30.3 Å². The van der Waals surface area contributed by atoms with Gasteiger partial charge >= 0.3 is 0 Å². The average molecular weight is 328 g/mol. The van der Waals surface area contributed by atoms with Crippen LogP contribution in [0.1, 0.15) is 18.5 Å². The van der Waals surface area contributed by atoms with Crippen molar-refractivity contribution in [2.75, 3.05) is 18.9 Å². The fourth-order valence-electron chi connectivity index (χ4n) is 2.69. The van der Waals surface area contributed by atoms with Crippen LogP contribution < -0.4 is 0 Å². The molecule has 1 aromatic carbocycles. The predicted octanol–water partition coefficient (Wildman–Crippen LogP) is 3.16. The predicted molar refractivity (Wildman–Crippen MR) is 91.3 cm³/mol. The summed E-state index contributed by atoms with van der Waals surface area (Å²) in [6.45, 7) is 3.20. The van der Waals surface area contributed by atoms with Crippen molar-refractivity contribution in [1.29, 1.82) is 0 Å². The Balaban J connectivity index is 1.70. The molecule has 2 atom stereocenters. The lowest BCUT2D eigenvalue weighted by atomic mass is 10.0. The standard InChI is InChI=1S/C18H20N2O2S/c1-14-11-20(17(12-22-14)15-5-3-2-4-6-15)18(21)13-23-16-7-9-19-10-8-16/h2-10,14,17H,11-13H2,1H3/t14-,17+/m1/s1. The summed E-state index contributed by atoms with van der Waals surface area (Å²) in [5, 5.41) is 0. The Morgan fingerprint density at radius 1 is 1.26 bits per heavy atom. The maximum absolute atomic E-state index is 12.7. The summed E-state index contributed by atoms with van der Waals surface area (Å²) in [7, 11) is 0. The summed E-state index contributed by atoms with van der Waals surface area (Å²) in [4.78, 5) is 19.8. The van der Waals surface area contributed by atoms with Crippen LogP contribution in [0.15, 0.2) is 59.8 Å². The fourth-order valence-corrected chi connectivity index (χ4v) is 3.46. The fraction of sp³-hybridized carbons (Fsp3) is 0.333. The quantitative estimate of drug-likeness (QED) is 0.809. The Morgan fingerprint density at radius 3 is 2.74 bits per heavy atom. The van der Waals surface area contributed by atoms with Crippen LogP contribution in [0.3, 0.4) is 0 Å². The number of ether oxygens (including phenoxy) is 1. The molecule has 1 fully saturated rings. The van der Waals surface area contributed by atoms with E-state index < -0.39 is 0 Å². The van der Waals surface area contributed by atoms with E-state index >= 15 is 0 Å². The van der Waals surface area contributed by atoms with E-state index in [9.17, 15) is 4.79 Å². The van der Waals surface area contributed by atoms with Gasteiger partial charge in [0.05, 0.1) is 24.5 Å². The number of benzene rings is 1. The average Bonchev–Trinajstić information content (AvgIpc) is 2.61. The molecule has 1 amide bonds. The van der Waals surface area contributed by atoms with Gasteiger partial charge in [0.2, 0.25) is 5.91 Å². The summed E-state index contributed by atoms with van der Waals surface area (Å²) >= 11 is 1.55. The molecule has 0 unspecified atom stereocenters. The third-order valence-corrected chi connectivity index (χ3v) is 4.88. The number of aromatic nitrogens is 1.